The topological polar surface area (TPSA) is 12.0 Å². The van der Waals surface area contributed by atoms with Crippen molar-refractivity contribution in [3.05, 3.63) is 11.6 Å². The third-order valence-electron chi connectivity index (χ3n) is 6.46. The Balaban J connectivity index is 1.86. The lowest BCUT2D eigenvalue weighted by Gasteiger charge is -2.46. The minimum Gasteiger partial charge on any atom is -0.311 e. The Morgan fingerprint density at radius 3 is 2.14 bits per heavy atom. The van der Waals surface area contributed by atoms with Crippen molar-refractivity contribution in [1.82, 2.24) is 5.32 Å². The van der Waals surface area contributed by atoms with Gasteiger partial charge < -0.3 is 5.32 Å². The zero-order valence-corrected chi connectivity index (χ0v) is 15.3. The average molecular weight is 292 g/mol. The Morgan fingerprint density at radius 2 is 1.67 bits per heavy atom. The minimum atomic E-state index is 0.498. The van der Waals surface area contributed by atoms with E-state index in [0.717, 1.165) is 5.92 Å². The predicted octanol–water partition coefficient (Wildman–Crippen LogP) is 5.71. The Hall–Kier alpha value is -0.300. The molecule has 21 heavy (non-hydrogen) atoms. The summed E-state index contributed by atoms with van der Waals surface area (Å²) in [6.45, 7) is 14.5. The summed E-state index contributed by atoms with van der Waals surface area (Å²) in [4.78, 5) is 0. The van der Waals surface area contributed by atoms with Gasteiger partial charge in [-0.25, -0.2) is 0 Å². The van der Waals surface area contributed by atoms with E-state index in [1.54, 1.807) is 5.57 Å². The van der Waals surface area contributed by atoms with Crippen LogP contribution in [0.3, 0.4) is 0 Å². The molecule has 1 fully saturated rings. The SMILES string of the molecule is CC(C)C1=CCC(NC(C)C2(C)CCC(C)(C)CC2)CC1. The molecule has 2 unspecified atom stereocenters. The van der Waals surface area contributed by atoms with Crippen LogP contribution in [0, 0.1) is 16.7 Å². The van der Waals surface area contributed by atoms with Crippen molar-refractivity contribution in [1.29, 1.82) is 0 Å². The first kappa shape index (κ1) is 17.1. The quantitative estimate of drug-likeness (QED) is 0.654. The van der Waals surface area contributed by atoms with Gasteiger partial charge in [0.25, 0.3) is 0 Å². The fourth-order valence-electron chi connectivity index (χ4n) is 4.02. The maximum Gasteiger partial charge on any atom is 0.0107 e. The van der Waals surface area contributed by atoms with E-state index in [0.29, 0.717) is 22.9 Å². The Kier molecular flexibility index (Phi) is 5.23. The molecule has 1 nitrogen and oxygen atoms in total. The summed E-state index contributed by atoms with van der Waals surface area (Å²) in [5.41, 5.74) is 2.74. The van der Waals surface area contributed by atoms with Crippen LogP contribution in [0.15, 0.2) is 11.6 Å². The van der Waals surface area contributed by atoms with Crippen molar-refractivity contribution >= 4 is 0 Å². The Bertz CT molecular complexity index is 367. The maximum atomic E-state index is 3.97. The molecule has 0 spiro atoms. The van der Waals surface area contributed by atoms with Gasteiger partial charge in [-0.3, -0.25) is 0 Å². The normalized spacial score (nSPS) is 30.0. The molecule has 122 valence electrons. The molecular formula is C20H37N. The van der Waals surface area contributed by atoms with Crippen LogP contribution in [-0.2, 0) is 0 Å². The fraction of sp³-hybridized carbons (Fsp3) is 0.900. The van der Waals surface area contributed by atoms with Crippen molar-refractivity contribution in [2.75, 3.05) is 0 Å². The second-order valence-corrected chi connectivity index (χ2v) is 9.11. The number of allylic oxidation sites excluding steroid dienone is 1. The zero-order chi connectivity index (χ0) is 15.7. The molecular weight excluding hydrogens is 254 g/mol. The van der Waals surface area contributed by atoms with Crippen LogP contribution in [0.5, 0.6) is 0 Å². The molecule has 0 aromatic heterocycles. The predicted molar refractivity (Wildman–Crippen MR) is 93.5 cm³/mol. The molecule has 2 atom stereocenters. The zero-order valence-electron chi connectivity index (χ0n) is 15.3. The lowest BCUT2D eigenvalue weighted by atomic mass is 9.63. The minimum absolute atomic E-state index is 0.498. The van der Waals surface area contributed by atoms with Gasteiger partial charge in [0, 0.05) is 12.1 Å². The number of nitrogens with one attached hydrogen (secondary N) is 1. The summed E-state index contributed by atoms with van der Waals surface area (Å²) in [5.74, 6) is 0.737. The molecule has 0 bridgehead atoms. The molecule has 0 aliphatic heterocycles. The molecule has 0 radical (unpaired) electrons. The van der Waals surface area contributed by atoms with Gasteiger partial charge in [0.2, 0.25) is 0 Å². The highest BCUT2D eigenvalue weighted by molar-refractivity contribution is 5.10. The number of hydrogen-bond donors (Lipinski definition) is 1. The van der Waals surface area contributed by atoms with E-state index in [4.69, 9.17) is 0 Å². The van der Waals surface area contributed by atoms with Gasteiger partial charge in [0.15, 0.2) is 0 Å². The van der Waals surface area contributed by atoms with E-state index in [9.17, 15) is 0 Å². The van der Waals surface area contributed by atoms with E-state index in [-0.39, 0.29) is 0 Å². The van der Waals surface area contributed by atoms with Crippen molar-refractivity contribution < 1.29 is 0 Å². The van der Waals surface area contributed by atoms with E-state index in [1.807, 2.05) is 0 Å². The van der Waals surface area contributed by atoms with Crippen LogP contribution >= 0.6 is 0 Å². The molecule has 0 saturated heterocycles. The highest BCUT2D eigenvalue weighted by Crippen LogP contribution is 2.46. The van der Waals surface area contributed by atoms with Crippen molar-refractivity contribution in [2.24, 2.45) is 16.7 Å². The summed E-state index contributed by atoms with van der Waals surface area (Å²) in [7, 11) is 0. The molecule has 1 heteroatoms. The summed E-state index contributed by atoms with van der Waals surface area (Å²) in [6, 6.07) is 1.35. The first-order valence-electron chi connectivity index (χ1n) is 9.17. The fourth-order valence-corrected chi connectivity index (χ4v) is 4.02. The third-order valence-corrected chi connectivity index (χ3v) is 6.46. The van der Waals surface area contributed by atoms with Gasteiger partial charge in [0.05, 0.1) is 0 Å². The van der Waals surface area contributed by atoms with E-state index in [2.05, 4.69) is 52.9 Å². The molecule has 2 aliphatic carbocycles. The van der Waals surface area contributed by atoms with Gasteiger partial charge in [-0.15, -0.1) is 0 Å². The van der Waals surface area contributed by atoms with Crippen LogP contribution in [0.2, 0.25) is 0 Å². The van der Waals surface area contributed by atoms with Crippen LogP contribution in [-0.4, -0.2) is 12.1 Å². The van der Waals surface area contributed by atoms with Gasteiger partial charge in [0.1, 0.15) is 0 Å². The van der Waals surface area contributed by atoms with Gasteiger partial charge in [-0.05, 0) is 68.6 Å². The lowest BCUT2D eigenvalue weighted by molar-refractivity contribution is 0.0790. The number of rotatable bonds is 4. The van der Waals surface area contributed by atoms with E-state index in [1.165, 1.54) is 44.9 Å². The van der Waals surface area contributed by atoms with Gasteiger partial charge >= 0.3 is 0 Å². The highest BCUT2D eigenvalue weighted by Gasteiger charge is 2.39. The highest BCUT2D eigenvalue weighted by atomic mass is 15.0. The van der Waals surface area contributed by atoms with E-state index < -0.39 is 0 Å². The lowest BCUT2D eigenvalue weighted by Crippen LogP contribution is -2.48. The van der Waals surface area contributed by atoms with E-state index >= 15 is 0 Å². The van der Waals surface area contributed by atoms with Crippen LogP contribution < -0.4 is 5.32 Å². The van der Waals surface area contributed by atoms with Crippen molar-refractivity contribution in [3.8, 4) is 0 Å². The monoisotopic (exact) mass is 291 g/mol. The molecule has 0 heterocycles. The Labute approximate surface area is 133 Å². The molecule has 0 aromatic carbocycles. The maximum absolute atomic E-state index is 3.97. The summed E-state index contributed by atoms with van der Waals surface area (Å²) >= 11 is 0. The first-order valence-corrected chi connectivity index (χ1v) is 9.17. The second kappa shape index (κ2) is 6.44. The third kappa shape index (κ3) is 4.34. The van der Waals surface area contributed by atoms with Crippen molar-refractivity contribution in [2.45, 2.75) is 98.6 Å². The molecule has 0 aromatic rings. The summed E-state index contributed by atoms with van der Waals surface area (Å²) in [6.07, 6.45) is 11.9. The molecule has 0 amide bonds. The van der Waals surface area contributed by atoms with Crippen LogP contribution in [0.1, 0.15) is 86.5 Å². The molecule has 2 aliphatic rings. The molecule has 2 rings (SSSR count). The first-order chi connectivity index (χ1) is 9.72. The summed E-state index contributed by atoms with van der Waals surface area (Å²) in [5, 5.41) is 3.97. The average Bonchev–Trinajstić information content (AvgIpc) is 2.43. The standard InChI is InChI=1S/C20H37N/c1-15(2)17-7-9-18(10-8-17)21-16(3)20(6)13-11-19(4,5)12-14-20/h7,15-16,18,21H,8-14H2,1-6H3. The largest absolute Gasteiger partial charge is 0.311 e. The molecule has 1 N–H and O–H groups in total. The smallest absolute Gasteiger partial charge is 0.0107 e. The molecule has 1 saturated carbocycles. The summed E-state index contributed by atoms with van der Waals surface area (Å²) < 4.78 is 0. The van der Waals surface area contributed by atoms with Gasteiger partial charge in [-0.1, -0.05) is 46.3 Å². The second-order valence-electron chi connectivity index (χ2n) is 9.11. The van der Waals surface area contributed by atoms with Crippen molar-refractivity contribution in [3.63, 3.8) is 0 Å². The van der Waals surface area contributed by atoms with Crippen LogP contribution in [0.25, 0.3) is 0 Å². The van der Waals surface area contributed by atoms with Crippen LogP contribution in [0.4, 0.5) is 0 Å². The van der Waals surface area contributed by atoms with Gasteiger partial charge in [-0.2, -0.15) is 0 Å². The Morgan fingerprint density at radius 1 is 1.05 bits per heavy atom. The number of hydrogen-bond acceptors (Lipinski definition) is 1.